The highest BCUT2D eigenvalue weighted by atomic mass is 16.5. The van der Waals surface area contributed by atoms with Crippen molar-refractivity contribution in [3.8, 4) is 0 Å². The molecule has 3 heteroatoms. The Kier molecular flexibility index (Phi) is 4.70. The molecule has 0 aromatic rings. The van der Waals surface area contributed by atoms with E-state index in [1.807, 2.05) is 0 Å². The van der Waals surface area contributed by atoms with Crippen LogP contribution in [-0.4, -0.2) is 50.8 Å². The lowest BCUT2D eigenvalue weighted by atomic mass is 10.3. The van der Waals surface area contributed by atoms with Gasteiger partial charge in [-0.1, -0.05) is 0 Å². The van der Waals surface area contributed by atoms with Crippen LogP contribution < -0.4 is 5.32 Å². The summed E-state index contributed by atoms with van der Waals surface area (Å²) in [6.45, 7) is 5.34. The van der Waals surface area contributed by atoms with Gasteiger partial charge < -0.3 is 15.0 Å². The van der Waals surface area contributed by atoms with Crippen LogP contribution in [-0.2, 0) is 4.74 Å². The van der Waals surface area contributed by atoms with Crippen molar-refractivity contribution in [1.29, 1.82) is 0 Å². The van der Waals surface area contributed by atoms with E-state index in [0.29, 0.717) is 6.10 Å². The highest BCUT2D eigenvalue weighted by Crippen LogP contribution is 2.17. The number of nitrogens with one attached hydrogen (secondary N) is 1. The molecule has 1 rings (SSSR count). The Balaban J connectivity index is 1.92. The molecule has 1 atom stereocenters. The second-order valence-corrected chi connectivity index (χ2v) is 4.04. The second kappa shape index (κ2) is 5.58. The van der Waals surface area contributed by atoms with Crippen LogP contribution >= 0.6 is 0 Å². The van der Waals surface area contributed by atoms with Crippen LogP contribution in [0.3, 0.4) is 0 Å². The minimum Gasteiger partial charge on any atom is -0.380 e. The molecule has 0 aromatic heterocycles. The lowest BCUT2D eigenvalue weighted by Gasteiger charge is -2.20. The molecule has 1 fully saturated rings. The normalized spacial score (nSPS) is 19.4. The van der Waals surface area contributed by atoms with Gasteiger partial charge in [-0.3, -0.25) is 0 Å². The van der Waals surface area contributed by atoms with Crippen molar-refractivity contribution in [2.24, 2.45) is 0 Å². The highest BCUT2D eigenvalue weighted by Gasteiger charge is 2.19. The first-order chi connectivity index (χ1) is 6.22. The topological polar surface area (TPSA) is 24.5 Å². The summed E-state index contributed by atoms with van der Waals surface area (Å²) >= 11 is 0. The van der Waals surface area contributed by atoms with Crippen molar-refractivity contribution in [1.82, 2.24) is 10.2 Å². The van der Waals surface area contributed by atoms with Crippen molar-refractivity contribution < 1.29 is 4.74 Å². The molecule has 0 saturated heterocycles. The third-order valence-corrected chi connectivity index (χ3v) is 2.48. The lowest BCUT2D eigenvalue weighted by molar-refractivity contribution is 0.0860. The summed E-state index contributed by atoms with van der Waals surface area (Å²) in [5.74, 6) is 0. The molecule has 1 aliphatic carbocycles. The zero-order valence-electron chi connectivity index (χ0n) is 9.05. The summed E-state index contributed by atoms with van der Waals surface area (Å²) in [4.78, 5) is 2.31. The maximum Gasteiger partial charge on any atom is 0.0670 e. The summed E-state index contributed by atoms with van der Waals surface area (Å²) in [5.41, 5.74) is 0. The molecule has 1 saturated carbocycles. The monoisotopic (exact) mass is 186 g/mol. The Morgan fingerprint density at radius 2 is 2.23 bits per heavy atom. The maximum absolute atomic E-state index is 5.20. The number of hydrogen-bond donors (Lipinski definition) is 1. The van der Waals surface area contributed by atoms with Crippen LogP contribution in [0.5, 0.6) is 0 Å². The Morgan fingerprint density at radius 1 is 1.54 bits per heavy atom. The molecule has 0 amide bonds. The van der Waals surface area contributed by atoms with E-state index in [1.165, 1.54) is 12.8 Å². The molecular formula is C10H22N2O. The minimum absolute atomic E-state index is 0.339. The highest BCUT2D eigenvalue weighted by molar-refractivity contribution is 4.80. The standard InChI is InChI=1S/C10H22N2O/c1-9(13-3)8-12(2)7-6-11-10-4-5-10/h9-11H,4-8H2,1-3H3. The molecule has 3 nitrogen and oxygen atoms in total. The van der Waals surface area contributed by atoms with Crippen molar-refractivity contribution >= 4 is 0 Å². The number of rotatable bonds is 7. The van der Waals surface area contributed by atoms with Gasteiger partial charge in [-0.25, -0.2) is 0 Å². The predicted molar refractivity (Wildman–Crippen MR) is 55.0 cm³/mol. The molecule has 0 spiro atoms. The number of hydrogen-bond acceptors (Lipinski definition) is 3. The van der Waals surface area contributed by atoms with Gasteiger partial charge in [0, 0.05) is 32.8 Å². The number of methoxy groups -OCH3 is 1. The molecule has 78 valence electrons. The van der Waals surface area contributed by atoms with Gasteiger partial charge in [0.05, 0.1) is 6.10 Å². The Morgan fingerprint density at radius 3 is 2.77 bits per heavy atom. The van der Waals surface area contributed by atoms with E-state index in [2.05, 4.69) is 24.2 Å². The van der Waals surface area contributed by atoms with E-state index in [-0.39, 0.29) is 0 Å². The molecule has 0 bridgehead atoms. The van der Waals surface area contributed by atoms with E-state index >= 15 is 0 Å². The fourth-order valence-electron chi connectivity index (χ4n) is 1.35. The molecule has 0 radical (unpaired) electrons. The molecule has 0 aliphatic heterocycles. The van der Waals surface area contributed by atoms with Gasteiger partial charge >= 0.3 is 0 Å². The van der Waals surface area contributed by atoms with Crippen LogP contribution in [0.4, 0.5) is 0 Å². The third-order valence-electron chi connectivity index (χ3n) is 2.48. The van der Waals surface area contributed by atoms with E-state index < -0.39 is 0 Å². The molecule has 0 aromatic carbocycles. The van der Waals surface area contributed by atoms with Crippen LogP contribution in [0.2, 0.25) is 0 Å². The van der Waals surface area contributed by atoms with Crippen molar-refractivity contribution in [3.05, 3.63) is 0 Å². The maximum atomic E-state index is 5.20. The van der Waals surface area contributed by atoms with Gasteiger partial charge in [0.25, 0.3) is 0 Å². The van der Waals surface area contributed by atoms with Crippen LogP contribution in [0, 0.1) is 0 Å². The van der Waals surface area contributed by atoms with Gasteiger partial charge in [-0.15, -0.1) is 0 Å². The summed E-state index contributed by atoms with van der Waals surface area (Å²) in [5, 5.41) is 3.50. The summed E-state index contributed by atoms with van der Waals surface area (Å²) in [7, 11) is 3.91. The van der Waals surface area contributed by atoms with Crippen LogP contribution in [0.1, 0.15) is 19.8 Å². The fraction of sp³-hybridized carbons (Fsp3) is 1.00. The molecule has 1 aliphatic rings. The summed E-state index contributed by atoms with van der Waals surface area (Å²) in [6.07, 6.45) is 3.09. The first-order valence-electron chi connectivity index (χ1n) is 5.17. The summed E-state index contributed by atoms with van der Waals surface area (Å²) < 4.78 is 5.20. The number of ether oxygens (including phenoxy) is 1. The SMILES string of the molecule is COC(C)CN(C)CCNC1CC1. The lowest BCUT2D eigenvalue weighted by Crippen LogP contribution is -2.34. The quantitative estimate of drug-likeness (QED) is 0.633. The van der Waals surface area contributed by atoms with E-state index in [4.69, 9.17) is 4.74 Å². The van der Waals surface area contributed by atoms with Gasteiger partial charge in [0.15, 0.2) is 0 Å². The fourth-order valence-corrected chi connectivity index (χ4v) is 1.35. The average Bonchev–Trinajstić information content (AvgIpc) is 2.88. The molecule has 0 heterocycles. The van der Waals surface area contributed by atoms with E-state index in [0.717, 1.165) is 25.7 Å². The van der Waals surface area contributed by atoms with Gasteiger partial charge in [0.2, 0.25) is 0 Å². The second-order valence-electron chi connectivity index (χ2n) is 4.04. The molecule has 1 unspecified atom stereocenters. The van der Waals surface area contributed by atoms with Crippen molar-refractivity contribution in [3.63, 3.8) is 0 Å². The third kappa shape index (κ3) is 5.24. The van der Waals surface area contributed by atoms with Crippen LogP contribution in [0.15, 0.2) is 0 Å². The van der Waals surface area contributed by atoms with Gasteiger partial charge in [0.1, 0.15) is 0 Å². The van der Waals surface area contributed by atoms with E-state index in [9.17, 15) is 0 Å². The average molecular weight is 186 g/mol. The first kappa shape index (κ1) is 11.0. The van der Waals surface area contributed by atoms with Crippen LogP contribution in [0.25, 0.3) is 0 Å². The Hall–Kier alpha value is -0.120. The van der Waals surface area contributed by atoms with E-state index in [1.54, 1.807) is 7.11 Å². The molecular weight excluding hydrogens is 164 g/mol. The summed E-state index contributed by atoms with van der Waals surface area (Å²) in [6, 6.07) is 0.827. The minimum atomic E-state index is 0.339. The first-order valence-corrected chi connectivity index (χ1v) is 5.17. The number of likely N-dealkylation sites (N-methyl/N-ethyl adjacent to an activating group) is 1. The van der Waals surface area contributed by atoms with Gasteiger partial charge in [-0.2, -0.15) is 0 Å². The van der Waals surface area contributed by atoms with Crippen molar-refractivity contribution in [2.45, 2.75) is 31.9 Å². The Labute approximate surface area is 81.4 Å². The molecule has 13 heavy (non-hydrogen) atoms. The largest absolute Gasteiger partial charge is 0.380 e. The number of nitrogens with zero attached hydrogens (tertiary/aromatic N) is 1. The zero-order chi connectivity index (χ0) is 9.68. The van der Waals surface area contributed by atoms with Crippen molar-refractivity contribution in [2.75, 3.05) is 33.8 Å². The molecule has 1 N–H and O–H groups in total. The smallest absolute Gasteiger partial charge is 0.0670 e. The Bertz CT molecular complexity index is 137. The predicted octanol–water partition coefficient (Wildman–Crippen LogP) is 0.705. The zero-order valence-corrected chi connectivity index (χ0v) is 9.05. The van der Waals surface area contributed by atoms with Gasteiger partial charge in [-0.05, 0) is 26.8 Å².